The fraction of sp³-hybridized carbons (Fsp3) is 0.462. The fourth-order valence-electron chi connectivity index (χ4n) is 1.36. The lowest BCUT2D eigenvalue weighted by molar-refractivity contribution is -0.113. The topological polar surface area (TPSA) is 55.1 Å². The Morgan fingerprint density at radius 1 is 1.41 bits per heavy atom. The summed E-state index contributed by atoms with van der Waals surface area (Å²) in [4.78, 5) is 11.6. The van der Waals surface area contributed by atoms with Crippen LogP contribution in [0, 0.1) is 0 Å². The maximum absolute atomic E-state index is 11.6. The molecule has 1 atom stereocenters. The van der Waals surface area contributed by atoms with Crippen molar-refractivity contribution in [1.29, 1.82) is 0 Å². The second kappa shape index (κ2) is 7.35. The number of hydrogen-bond donors (Lipinski definition) is 2. The largest absolute Gasteiger partial charge is 0.327 e. The van der Waals surface area contributed by atoms with E-state index in [-0.39, 0.29) is 11.9 Å². The van der Waals surface area contributed by atoms with Crippen molar-refractivity contribution in [2.24, 2.45) is 5.73 Å². The molecule has 0 aliphatic carbocycles. The van der Waals surface area contributed by atoms with Crippen LogP contribution >= 0.6 is 11.8 Å². The Morgan fingerprint density at radius 2 is 2.06 bits per heavy atom. The van der Waals surface area contributed by atoms with Crippen LogP contribution in [0.5, 0.6) is 0 Å². The molecule has 1 aromatic carbocycles. The molecule has 0 aliphatic rings. The maximum Gasteiger partial charge on any atom is 0.234 e. The van der Waals surface area contributed by atoms with Crippen LogP contribution in [-0.2, 0) is 11.2 Å². The van der Waals surface area contributed by atoms with E-state index in [1.807, 2.05) is 31.2 Å². The van der Waals surface area contributed by atoms with Crippen molar-refractivity contribution in [1.82, 2.24) is 0 Å². The number of benzene rings is 1. The van der Waals surface area contributed by atoms with E-state index in [1.54, 1.807) is 11.8 Å². The minimum absolute atomic E-state index is 0.0277. The van der Waals surface area contributed by atoms with E-state index in [0.29, 0.717) is 5.75 Å². The Kier molecular flexibility index (Phi) is 6.08. The standard InChI is InChI=1S/C13H20N2OS/c1-3-11-4-6-12(7-5-11)15-13(16)9-17-8-10(2)14/h4-7,10H,3,8-9,14H2,1-2H3,(H,15,16). The molecule has 4 heteroatoms. The molecule has 0 aliphatic heterocycles. The molecule has 0 fully saturated rings. The molecule has 94 valence electrons. The lowest BCUT2D eigenvalue weighted by Crippen LogP contribution is -2.20. The van der Waals surface area contributed by atoms with Gasteiger partial charge in [-0.25, -0.2) is 0 Å². The Balaban J connectivity index is 2.34. The van der Waals surface area contributed by atoms with Gasteiger partial charge in [0.1, 0.15) is 0 Å². The Morgan fingerprint density at radius 3 is 2.59 bits per heavy atom. The SMILES string of the molecule is CCc1ccc(NC(=O)CSCC(C)N)cc1. The van der Waals surface area contributed by atoms with E-state index < -0.39 is 0 Å². The Labute approximate surface area is 107 Å². The molecule has 0 heterocycles. The zero-order valence-corrected chi connectivity index (χ0v) is 11.2. The van der Waals surface area contributed by atoms with Gasteiger partial charge < -0.3 is 11.1 Å². The molecule has 0 bridgehead atoms. The zero-order chi connectivity index (χ0) is 12.7. The number of carbonyl (C=O) groups is 1. The molecule has 1 unspecified atom stereocenters. The highest BCUT2D eigenvalue weighted by atomic mass is 32.2. The zero-order valence-electron chi connectivity index (χ0n) is 10.4. The quantitative estimate of drug-likeness (QED) is 0.816. The molecule has 1 aromatic rings. The first-order valence-electron chi connectivity index (χ1n) is 5.84. The van der Waals surface area contributed by atoms with Gasteiger partial charge in [0.05, 0.1) is 5.75 Å². The van der Waals surface area contributed by atoms with Crippen LogP contribution in [0.2, 0.25) is 0 Å². The third-order valence-electron chi connectivity index (χ3n) is 2.26. The Bertz CT molecular complexity index is 349. The average molecular weight is 252 g/mol. The van der Waals surface area contributed by atoms with Gasteiger partial charge in [0, 0.05) is 17.5 Å². The van der Waals surface area contributed by atoms with Gasteiger partial charge in [0.2, 0.25) is 5.91 Å². The predicted octanol–water partition coefficient (Wildman–Crippen LogP) is 2.27. The van der Waals surface area contributed by atoms with Crippen molar-refractivity contribution < 1.29 is 4.79 Å². The van der Waals surface area contributed by atoms with Gasteiger partial charge in [-0.2, -0.15) is 11.8 Å². The minimum Gasteiger partial charge on any atom is -0.327 e. The number of hydrogen-bond acceptors (Lipinski definition) is 3. The third kappa shape index (κ3) is 5.75. The fourth-order valence-corrected chi connectivity index (χ4v) is 2.11. The summed E-state index contributed by atoms with van der Waals surface area (Å²) in [6.07, 6.45) is 1.01. The highest BCUT2D eigenvalue weighted by Crippen LogP contribution is 2.11. The molecule has 0 saturated heterocycles. The second-order valence-electron chi connectivity index (χ2n) is 4.09. The van der Waals surface area contributed by atoms with Crippen molar-refractivity contribution in [2.45, 2.75) is 26.3 Å². The molecular formula is C13H20N2OS. The van der Waals surface area contributed by atoms with Crippen LogP contribution in [0.1, 0.15) is 19.4 Å². The molecular weight excluding hydrogens is 232 g/mol. The van der Waals surface area contributed by atoms with Crippen LogP contribution in [-0.4, -0.2) is 23.5 Å². The molecule has 0 saturated carbocycles. The molecule has 0 aromatic heterocycles. The van der Waals surface area contributed by atoms with E-state index in [0.717, 1.165) is 17.9 Å². The van der Waals surface area contributed by atoms with Crippen LogP contribution in [0.15, 0.2) is 24.3 Å². The monoisotopic (exact) mass is 252 g/mol. The first-order valence-corrected chi connectivity index (χ1v) is 6.99. The predicted molar refractivity (Wildman–Crippen MR) is 75.4 cm³/mol. The van der Waals surface area contributed by atoms with E-state index in [4.69, 9.17) is 5.73 Å². The number of thioether (sulfide) groups is 1. The van der Waals surface area contributed by atoms with Gasteiger partial charge in [0.25, 0.3) is 0 Å². The van der Waals surface area contributed by atoms with Crippen LogP contribution in [0.3, 0.4) is 0 Å². The number of nitrogens with one attached hydrogen (secondary N) is 1. The van der Waals surface area contributed by atoms with Gasteiger partial charge >= 0.3 is 0 Å². The Hall–Kier alpha value is -1.00. The van der Waals surface area contributed by atoms with Crippen molar-refractivity contribution >= 4 is 23.4 Å². The van der Waals surface area contributed by atoms with E-state index in [9.17, 15) is 4.79 Å². The van der Waals surface area contributed by atoms with Gasteiger partial charge in [-0.3, -0.25) is 4.79 Å². The van der Waals surface area contributed by atoms with Crippen LogP contribution in [0.25, 0.3) is 0 Å². The summed E-state index contributed by atoms with van der Waals surface area (Å²) in [7, 11) is 0. The van der Waals surface area contributed by atoms with Gasteiger partial charge in [-0.15, -0.1) is 0 Å². The summed E-state index contributed by atoms with van der Waals surface area (Å²) in [6, 6.07) is 8.08. The maximum atomic E-state index is 11.6. The summed E-state index contributed by atoms with van der Waals surface area (Å²) in [6.45, 7) is 4.05. The summed E-state index contributed by atoms with van der Waals surface area (Å²) in [5.74, 6) is 1.29. The number of nitrogens with two attached hydrogens (primary N) is 1. The van der Waals surface area contributed by atoms with Gasteiger partial charge in [-0.1, -0.05) is 19.1 Å². The smallest absolute Gasteiger partial charge is 0.234 e. The highest BCUT2D eigenvalue weighted by Gasteiger charge is 2.03. The minimum atomic E-state index is 0.0277. The highest BCUT2D eigenvalue weighted by molar-refractivity contribution is 8.00. The number of carbonyl (C=O) groups excluding carboxylic acids is 1. The average Bonchev–Trinajstić information content (AvgIpc) is 2.29. The molecule has 17 heavy (non-hydrogen) atoms. The van der Waals surface area contributed by atoms with Crippen LogP contribution in [0.4, 0.5) is 5.69 Å². The van der Waals surface area contributed by atoms with Gasteiger partial charge in [-0.05, 0) is 31.0 Å². The number of rotatable bonds is 6. The normalized spacial score (nSPS) is 12.2. The lowest BCUT2D eigenvalue weighted by Gasteiger charge is -2.07. The number of aryl methyl sites for hydroxylation is 1. The summed E-state index contributed by atoms with van der Waals surface area (Å²) in [5.41, 5.74) is 7.74. The van der Waals surface area contributed by atoms with Crippen molar-refractivity contribution in [3.63, 3.8) is 0 Å². The molecule has 0 radical (unpaired) electrons. The van der Waals surface area contributed by atoms with E-state index >= 15 is 0 Å². The molecule has 1 rings (SSSR count). The van der Waals surface area contributed by atoms with Crippen molar-refractivity contribution in [3.05, 3.63) is 29.8 Å². The molecule has 3 N–H and O–H groups in total. The third-order valence-corrected chi connectivity index (χ3v) is 3.49. The second-order valence-corrected chi connectivity index (χ2v) is 5.12. The summed E-state index contributed by atoms with van der Waals surface area (Å²) >= 11 is 1.56. The summed E-state index contributed by atoms with van der Waals surface area (Å²) in [5, 5.41) is 2.87. The molecule has 3 nitrogen and oxygen atoms in total. The molecule has 1 amide bonds. The van der Waals surface area contributed by atoms with Crippen LogP contribution < -0.4 is 11.1 Å². The number of amides is 1. The first kappa shape index (κ1) is 14.1. The molecule has 0 spiro atoms. The van der Waals surface area contributed by atoms with Crippen molar-refractivity contribution in [3.8, 4) is 0 Å². The van der Waals surface area contributed by atoms with E-state index in [1.165, 1.54) is 5.56 Å². The van der Waals surface area contributed by atoms with Crippen molar-refractivity contribution in [2.75, 3.05) is 16.8 Å². The lowest BCUT2D eigenvalue weighted by atomic mass is 10.1. The first-order chi connectivity index (χ1) is 8.11. The van der Waals surface area contributed by atoms with E-state index in [2.05, 4.69) is 12.2 Å². The van der Waals surface area contributed by atoms with Gasteiger partial charge in [0.15, 0.2) is 0 Å². The number of anilines is 1. The summed E-state index contributed by atoms with van der Waals surface area (Å²) < 4.78 is 0.